The van der Waals surface area contributed by atoms with E-state index in [1.807, 2.05) is 0 Å². The SMILES string of the molecule is FSn1cc(-c2nc(Cl)ncc2C(F)(F)F)c2ccc(Br)cc21. The summed E-state index contributed by atoms with van der Waals surface area (Å²) in [7, 11) is 0. The van der Waals surface area contributed by atoms with Crippen LogP contribution in [0.15, 0.2) is 35.1 Å². The quantitative estimate of drug-likeness (QED) is 0.377. The van der Waals surface area contributed by atoms with Crippen molar-refractivity contribution in [2.24, 2.45) is 0 Å². The highest BCUT2D eigenvalue weighted by Gasteiger charge is 2.36. The fourth-order valence-corrected chi connectivity index (χ4v) is 3.04. The first kappa shape index (κ1) is 16.5. The molecule has 0 saturated carbocycles. The van der Waals surface area contributed by atoms with Crippen molar-refractivity contribution in [1.82, 2.24) is 13.9 Å². The van der Waals surface area contributed by atoms with Crippen LogP contribution in [0.4, 0.5) is 17.1 Å². The van der Waals surface area contributed by atoms with Crippen molar-refractivity contribution in [3.8, 4) is 11.3 Å². The largest absolute Gasteiger partial charge is 0.419 e. The third kappa shape index (κ3) is 3.05. The Morgan fingerprint density at radius 3 is 2.65 bits per heavy atom. The minimum absolute atomic E-state index is 0.120. The molecule has 3 nitrogen and oxygen atoms in total. The van der Waals surface area contributed by atoms with Gasteiger partial charge in [-0.15, -0.1) is 3.89 Å². The second-order valence-electron chi connectivity index (χ2n) is 4.50. The molecule has 0 aliphatic heterocycles. The maximum absolute atomic E-state index is 13.2. The molecule has 3 rings (SSSR count). The average Bonchev–Trinajstić information content (AvgIpc) is 2.83. The zero-order valence-corrected chi connectivity index (χ0v) is 14.1. The van der Waals surface area contributed by atoms with Gasteiger partial charge in [0.15, 0.2) is 12.3 Å². The van der Waals surface area contributed by atoms with Gasteiger partial charge >= 0.3 is 6.18 Å². The lowest BCUT2D eigenvalue weighted by molar-refractivity contribution is -0.137. The van der Waals surface area contributed by atoms with E-state index in [1.54, 1.807) is 18.2 Å². The lowest BCUT2D eigenvalue weighted by Crippen LogP contribution is -2.09. The van der Waals surface area contributed by atoms with Crippen LogP contribution in [-0.4, -0.2) is 13.9 Å². The Balaban J connectivity index is 2.36. The van der Waals surface area contributed by atoms with Gasteiger partial charge in [-0.3, -0.25) is 3.97 Å². The summed E-state index contributed by atoms with van der Waals surface area (Å²) in [6.45, 7) is 0. The first-order valence-electron chi connectivity index (χ1n) is 6.01. The Kier molecular flexibility index (Phi) is 4.28. The standard InChI is InChI=1S/C13H5BrClF4N3S/c14-6-1-2-7-8(5-22(23-19)10(7)3-6)11-9(13(16,17)18)4-20-12(15)21-11/h1-5H. The Bertz CT molecular complexity index is 897. The highest BCUT2D eigenvalue weighted by Crippen LogP contribution is 2.40. The number of aromatic nitrogens is 3. The van der Waals surface area contributed by atoms with Gasteiger partial charge in [-0.1, -0.05) is 22.0 Å². The number of halogens is 6. The lowest BCUT2D eigenvalue weighted by Gasteiger charge is -2.11. The highest BCUT2D eigenvalue weighted by molar-refractivity contribution is 9.10. The van der Waals surface area contributed by atoms with E-state index in [9.17, 15) is 17.1 Å². The Morgan fingerprint density at radius 1 is 1.26 bits per heavy atom. The van der Waals surface area contributed by atoms with E-state index in [4.69, 9.17) is 11.6 Å². The second-order valence-corrected chi connectivity index (χ2v) is 6.28. The molecule has 2 aromatic heterocycles. The van der Waals surface area contributed by atoms with Crippen LogP contribution >= 0.6 is 39.9 Å². The van der Waals surface area contributed by atoms with Crippen molar-refractivity contribution >= 4 is 50.8 Å². The minimum Gasteiger partial charge on any atom is -0.263 e. The van der Waals surface area contributed by atoms with Gasteiger partial charge in [0, 0.05) is 27.8 Å². The molecular formula is C13H5BrClF4N3S. The van der Waals surface area contributed by atoms with Gasteiger partial charge in [0.25, 0.3) is 0 Å². The van der Waals surface area contributed by atoms with Gasteiger partial charge in [-0.2, -0.15) is 13.2 Å². The summed E-state index contributed by atoms with van der Waals surface area (Å²) in [6, 6.07) is 4.83. The summed E-state index contributed by atoms with van der Waals surface area (Å²) < 4.78 is 54.5. The normalized spacial score (nSPS) is 12.1. The van der Waals surface area contributed by atoms with E-state index in [0.717, 1.165) is 3.97 Å². The number of fused-ring (bicyclic) bond motifs is 1. The zero-order valence-electron chi connectivity index (χ0n) is 10.9. The van der Waals surface area contributed by atoms with Gasteiger partial charge in [-0.05, 0) is 23.7 Å². The lowest BCUT2D eigenvalue weighted by atomic mass is 10.1. The maximum Gasteiger partial charge on any atom is 0.419 e. The van der Waals surface area contributed by atoms with E-state index in [1.165, 1.54) is 6.20 Å². The molecule has 0 saturated heterocycles. The summed E-state index contributed by atoms with van der Waals surface area (Å²) in [5.41, 5.74) is -0.899. The van der Waals surface area contributed by atoms with Crippen LogP contribution in [0.1, 0.15) is 5.56 Å². The average molecular weight is 427 g/mol. The smallest absolute Gasteiger partial charge is 0.263 e. The number of hydrogen-bond donors (Lipinski definition) is 0. The molecule has 0 aliphatic carbocycles. The van der Waals surface area contributed by atoms with Gasteiger partial charge in [-0.25, -0.2) is 9.97 Å². The fraction of sp³-hybridized carbons (Fsp3) is 0.0769. The predicted octanol–water partition coefficient (Wildman–Crippen LogP) is 5.91. The molecule has 120 valence electrons. The first-order valence-corrected chi connectivity index (χ1v) is 7.85. The summed E-state index contributed by atoms with van der Waals surface area (Å²) in [6.07, 6.45) is -2.79. The molecule has 3 aromatic rings. The summed E-state index contributed by atoms with van der Waals surface area (Å²) in [5.74, 6) is 0. The van der Waals surface area contributed by atoms with Crippen molar-refractivity contribution in [2.45, 2.75) is 6.18 Å². The van der Waals surface area contributed by atoms with Crippen molar-refractivity contribution < 1.29 is 17.1 Å². The monoisotopic (exact) mass is 425 g/mol. The van der Waals surface area contributed by atoms with Crippen molar-refractivity contribution in [3.63, 3.8) is 0 Å². The van der Waals surface area contributed by atoms with Crippen LogP contribution in [-0.2, 0) is 6.18 Å². The van der Waals surface area contributed by atoms with Gasteiger partial charge < -0.3 is 0 Å². The molecule has 2 heterocycles. The third-order valence-electron chi connectivity index (χ3n) is 3.13. The van der Waals surface area contributed by atoms with Crippen LogP contribution in [0.25, 0.3) is 22.2 Å². The van der Waals surface area contributed by atoms with E-state index in [2.05, 4.69) is 25.9 Å². The number of nitrogens with zero attached hydrogens (tertiary/aromatic N) is 3. The molecule has 0 amide bonds. The number of rotatable bonds is 2. The first-order chi connectivity index (χ1) is 10.8. The fourth-order valence-electron chi connectivity index (χ4n) is 2.19. The Labute approximate surface area is 145 Å². The maximum atomic E-state index is 13.2. The second kappa shape index (κ2) is 5.95. The van der Waals surface area contributed by atoms with Crippen LogP contribution in [0.3, 0.4) is 0 Å². The molecular weight excluding hydrogens is 422 g/mol. The number of benzene rings is 1. The molecule has 0 bridgehead atoms. The topological polar surface area (TPSA) is 30.7 Å². The zero-order chi connectivity index (χ0) is 16.8. The molecule has 0 spiro atoms. The molecule has 0 atom stereocenters. The Hall–Kier alpha value is -1.32. The molecule has 0 fully saturated rings. The summed E-state index contributed by atoms with van der Waals surface area (Å²) >= 11 is 8.78. The number of alkyl halides is 3. The van der Waals surface area contributed by atoms with Crippen molar-refractivity contribution in [3.05, 3.63) is 45.9 Å². The van der Waals surface area contributed by atoms with Crippen LogP contribution in [0, 0.1) is 0 Å². The van der Waals surface area contributed by atoms with Gasteiger partial charge in [0.05, 0.1) is 11.2 Å². The molecule has 23 heavy (non-hydrogen) atoms. The van der Waals surface area contributed by atoms with E-state index in [-0.39, 0.29) is 23.2 Å². The minimum atomic E-state index is -4.66. The van der Waals surface area contributed by atoms with E-state index in [0.29, 0.717) is 21.6 Å². The molecule has 0 radical (unpaired) electrons. The molecule has 10 heteroatoms. The van der Waals surface area contributed by atoms with Crippen LogP contribution in [0.5, 0.6) is 0 Å². The van der Waals surface area contributed by atoms with Crippen molar-refractivity contribution in [1.29, 1.82) is 0 Å². The summed E-state index contributed by atoms with van der Waals surface area (Å²) in [4.78, 5) is 7.10. The molecule has 0 aliphatic rings. The summed E-state index contributed by atoms with van der Waals surface area (Å²) in [5, 5.41) is 0.0949. The van der Waals surface area contributed by atoms with Gasteiger partial charge in [0.2, 0.25) is 5.28 Å². The van der Waals surface area contributed by atoms with Gasteiger partial charge in [0.1, 0.15) is 5.56 Å². The van der Waals surface area contributed by atoms with Crippen molar-refractivity contribution in [2.75, 3.05) is 0 Å². The van der Waals surface area contributed by atoms with Crippen LogP contribution < -0.4 is 0 Å². The third-order valence-corrected chi connectivity index (χ3v) is 4.25. The van der Waals surface area contributed by atoms with E-state index < -0.39 is 17.4 Å². The predicted molar refractivity (Wildman–Crippen MR) is 84.8 cm³/mol. The molecule has 1 aromatic carbocycles. The molecule has 0 N–H and O–H groups in total. The highest BCUT2D eigenvalue weighted by atomic mass is 79.9. The number of hydrogen-bond acceptors (Lipinski definition) is 3. The van der Waals surface area contributed by atoms with Crippen LogP contribution in [0.2, 0.25) is 5.28 Å². The Morgan fingerprint density at radius 2 is 2.00 bits per heavy atom. The van der Waals surface area contributed by atoms with E-state index >= 15 is 0 Å². The molecule has 0 unspecified atom stereocenters.